The monoisotopic (exact) mass is 446 g/mol. The van der Waals surface area contributed by atoms with Gasteiger partial charge in [0.2, 0.25) is 10.0 Å². The summed E-state index contributed by atoms with van der Waals surface area (Å²) in [6, 6.07) is 16.5. The Hall–Kier alpha value is -2.72. The van der Waals surface area contributed by atoms with Crippen molar-refractivity contribution in [2.45, 2.75) is 11.4 Å². The Labute approximate surface area is 179 Å². The second kappa shape index (κ2) is 10.4. The number of sulfonamides is 1. The van der Waals surface area contributed by atoms with Crippen LogP contribution in [0.1, 0.15) is 15.2 Å². The van der Waals surface area contributed by atoms with Crippen molar-refractivity contribution in [1.29, 1.82) is 0 Å². The third kappa shape index (κ3) is 6.14. The van der Waals surface area contributed by atoms with Crippen molar-refractivity contribution in [3.05, 3.63) is 76.5 Å². The number of hydrogen-bond donors (Lipinski definition) is 2. The van der Waals surface area contributed by atoms with E-state index in [2.05, 4.69) is 10.0 Å². The molecule has 3 rings (SSSR count). The van der Waals surface area contributed by atoms with E-state index in [4.69, 9.17) is 9.47 Å². The van der Waals surface area contributed by atoms with Crippen LogP contribution >= 0.6 is 11.3 Å². The highest BCUT2D eigenvalue weighted by Crippen LogP contribution is 2.18. The number of thiophene rings is 1. The largest absolute Gasteiger partial charge is 0.491 e. The number of carbonyl (C=O) groups is 1. The van der Waals surface area contributed by atoms with E-state index in [9.17, 15) is 13.2 Å². The summed E-state index contributed by atoms with van der Waals surface area (Å²) in [6.45, 7) is 1.12. The molecule has 0 saturated heterocycles. The molecule has 0 aliphatic carbocycles. The molecule has 1 amide bonds. The quantitative estimate of drug-likeness (QED) is 0.465. The van der Waals surface area contributed by atoms with Gasteiger partial charge in [0.15, 0.2) is 0 Å². The average Bonchev–Trinajstić information content (AvgIpc) is 3.28. The van der Waals surface area contributed by atoms with Crippen LogP contribution in [0.4, 0.5) is 5.69 Å². The number of ether oxygens (including phenoxy) is 2. The van der Waals surface area contributed by atoms with E-state index in [0.717, 1.165) is 4.88 Å². The molecule has 0 spiro atoms. The minimum atomic E-state index is -3.73. The molecule has 1 aromatic heterocycles. The van der Waals surface area contributed by atoms with Crippen LogP contribution in [0.5, 0.6) is 5.75 Å². The summed E-state index contributed by atoms with van der Waals surface area (Å²) in [6.07, 6.45) is 0. The van der Waals surface area contributed by atoms with Crippen LogP contribution in [0.3, 0.4) is 0 Å². The van der Waals surface area contributed by atoms with Gasteiger partial charge >= 0.3 is 0 Å². The van der Waals surface area contributed by atoms with Crippen molar-refractivity contribution in [2.75, 3.05) is 25.6 Å². The Balaban J connectivity index is 1.64. The molecule has 0 radical (unpaired) electrons. The molecule has 0 aliphatic rings. The first-order valence-electron chi connectivity index (χ1n) is 9.13. The van der Waals surface area contributed by atoms with Crippen LogP contribution in [0.15, 0.2) is 70.9 Å². The Kier molecular flexibility index (Phi) is 7.58. The fourth-order valence-corrected chi connectivity index (χ4v) is 4.34. The number of methoxy groups -OCH3 is 1. The first-order valence-corrected chi connectivity index (χ1v) is 11.5. The van der Waals surface area contributed by atoms with Gasteiger partial charge in [0, 0.05) is 29.8 Å². The van der Waals surface area contributed by atoms with E-state index in [1.165, 1.54) is 23.5 Å². The van der Waals surface area contributed by atoms with Crippen LogP contribution in [0.25, 0.3) is 0 Å². The summed E-state index contributed by atoms with van der Waals surface area (Å²) in [7, 11) is -2.13. The summed E-state index contributed by atoms with van der Waals surface area (Å²) in [5.41, 5.74) is 0.817. The smallest absolute Gasteiger partial charge is 0.255 e. The molecule has 0 fully saturated rings. The second-order valence-electron chi connectivity index (χ2n) is 6.25. The lowest BCUT2D eigenvalue weighted by Crippen LogP contribution is -2.23. The molecule has 158 valence electrons. The van der Waals surface area contributed by atoms with Gasteiger partial charge < -0.3 is 14.8 Å². The molecular formula is C21H22N2O5S2. The van der Waals surface area contributed by atoms with E-state index in [-0.39, 0.29) is 17.0 Å². The minimum absolute atomic E-state index is 0.0357. The van der Waals surface area contributed by atoms with Gasteiger partial charge in [0.1, 0.15) is 12.4 Å². The van der Waals surface area contributed by atoms with E-state index < -0.39 is 15.9 Å². The Morgan fingerprint density at radius 2 is 1.83 bits per heavy atom. The van der Waals surface area contributed by atoms with Crippen molar-refractivity contribution in [2.24, 2.45) is 0 Å². The van der Waals surface area contributed by atoms with Gasteiger partial charge in [0.25, 0.3) is 5.91 Å². The molecule has 0 saturated carbocycles. The fourth-order valence-electron chi connectivity index (χ4n) is 2.55. The van der Waals surface area contributed by atoms with Crippen molar-refractivity contribution in [1.82, 2.24) is 4.72 Å². The molecule has 0 unspecified atom stereocenters. The highest BCUT2D eigenvalue weighted by Gasteiger charge is 2.16. The van der Waals surface area contributed by atoms with Gasteiger partial charge in [-0.25, -0.2) is 13.1 Å². The number of amides is 1. The third-order valence-corrected chi connectivity index (χ3v) is 6.37. The van der Waals surface area contributed by atoms with E-state index in [0.29, 0.717) is 24.7 Å². The standard InChI is InChI=1S/C21H22N2O5S2/c1-27-11-12-28-18-9-7-17(8-10-18)23-21(24)16-4-2-6-20(14-16)30(25,26)22-15-19-5-3-13-29-19/h2-10,13-14,22H,11-12,15H2,1H3,(H,23,24). The van der Waals surface area contributed by atoms with Crippen LogP contribution in [-0.4, -0.2) is 34.6 Å². The van der Waals surface area contributed by atoms with Crippen molar-refractivity contribution in [3.8, 4) is 5.75 Å². The number of hydrogen-bond acceptors (Lipinski definition) is 6. The predicted molar refractivity (Wildman–Crippen MR) is 117 cm³/mol. The molecule has 2 N–H and O–H groups in total. The van der Waals surface area contributed by atoms with Crippen LogP contribution in [-0.2, 0) is 21.3 Å². The van der Waals surface area contributed by atoms with Gasteiger partial charge in [-0.1, -0.05) is 12.1 Å². The number of rotatable bonds is 10. The van der Waals surface area contributed by atoms with Crippen LogP contribution in [0, 0.1) is 0 Å². The Morgan fingerprint density at radius 1 is 1.03 bits per heavy atom. The Morgan fingerprint density at radius 3 is 2.53 bits per heavy atom. The zero-order valence-corrected chi connectivity index (χ0v) is 18.0. The van der Waals surface area contributed by atoms with Gasteiger partial charge in [-0.15, -0.1) is 11.3 Å². The lowest BCUT2D eigenvalue weighted by atomic mass is 10.2. The third-order valence-electron chi connectivity index (χ3n) is 4.09. The predicted octanol–water partition coefficient (Wildman–Crippen LogP) is 3.50. The lowest BCUT2D eigenvalue weighted by molar-refractivity contribution is 0.102. The molecule has 1 heterocycles. The average molecular weight is 447 g/mol. The maximum absolute atomic E-state index is 12.6. The van der Waals surface area contributed by atoms with Gasteiger partial charge in [-0.3, -0.25) is 4.79 Å². The normalized spacial score (nSPS) is 11.2. The van der Waals surface area contributed by atoms with Crippen molar-refractivity contribution < 1.29 is 22.7 Å². The first kappa shape index (κ1) is 22.0. The SMILES string of the molecule is COCCOc1ccc(NC(=O)c2cccc(S(=O)(=O)NCc3cccs3)c2)cc1. The fraction of sp³-hybridized carbons (Fsp3) is 0.190. The first-order chi connectivity index (χ1) is 14.5. The molecule has 7 nitrogen and oxygen atoms in total. The highest BCUT2D eigenvalue weighted by atomic mass is 32.2. The molecule has 2 aromatic carbocycles. The zero-order valence-electron chi connectivity index (χ0n) is 16.3. The van der Waals surface area contributed by atoms with Crippen LogP contribution < -0.4 is 14.8 Å². The van der Waals surface area contributed by atoms with Crippen molar-refractivity contribution in [3.63, 3.8) is 0 Å². The van der Waals surface area contributed by atoms with E-state index >= 15 is 0 Å². The van der Waals surface area contributed by atoms with E-state index in [1.54, 1.807) is 43.5 Å². The number of benzene rings is 2. The Bertz CT molecular complexity index is 1070. The number of carbonyl (C=O) groups excluding carboxylic acids is 1. The molecular weight excluding hydrogens is 424 g/mol. The minimum Gasteiger partial charge on any atom is -0.491 e. The molecule has 3 aromatic rings. The zero-order chi connectivity index (χ0) is 21.4. The highest BCUT2D eigenvalue weighted by molar-refractivity contribution is 7.89. The summed E-state index contributed by atoms with van der Waals surface area (Å²) in [5.74, 6) is 0.258. The summed E-state index contributed by atoms with van der Waals surface area (Å²) >= 11 is 1.47. The molecule has 0 atom stereocenters. The summed E-state index contributed by atoms with van der Waals surface area (Å²) in [5, 5.41) is 4.63. The maximum atomic E-state index is 12.6. The summed E-state index contributed by atoms with van der Waals surface area (Å²) in [4.78, 5) is 13.5. The van der Waals surface area contributed by atoms with Gasteiger partial charge in [-0.2, -0.15) is 0 Å². The molecule has 9 heteroatoms. The van der Waals surface area contributed by atoms with Gasteiger partial charge in [0.05, 0.1) is 11.5 Å². The van der Waals surface area contributed by atoms with Crippen LogP contribution in [0.2, 0.25) is 0 Å². The number of nitrogens with one attached hydrogen (secondary N) is 2. The summed E-state index contributed by atoms with van der Waals surface area (Å²) < 4.78 is 38.0. The van der Waals surface area contributed by atoms with Crippen molar-refractivity contribution >= 4 is 33.0 Å². The second-order valence-corrected chi connectivity index (χ2v) is 9.05. The van der Waals surface area contributed by atoms with E-state index in [1.807, 2.05) is 17.5 Å². The topological polar surface area (TPSA) is 93.7 Å². The van der Waals surface area contributed by atoms with Gasteiger partial charge in [-0.05, 0) is 53.9 Å². The molecule has 0 bridgehead atoms. The molecule has 30 heavy (non-hydrogen) atoms. The molecule has 0 aliphatic heterocycles. The number of anilines is 1. The maximum Gasteiger partial charge on any atom is 0.255 e. The lowest BCUT2D eigenvalue weighted by Gasteiger charge is -2.10.